The minimum atomic E-state index is 0.503. The van der Waals surface area contributed by atoms with Crippen molar-refractivity contribution in [1.82, 2.24) is 4.98 Å². The monoisotopic (exact) mass is 654 g/mol. The van der Waals surface area contributed by atoms with Crippen molar-refractivity contribution in [2.75, 3.05) is 0 Å². The van der Waals surface area contributed by atoms with Crippen molar-refractivity contribution >= 4 is 22.2 Å². The van der Waals surface area contributed by atoms with Crippen LogP contribution in [0.25, 0.3) is 38.9 Å². The summed E-state index contributed by atoms with van der Waals surface area (Å²) in [5, 5.41) is 10.3. The highest BCUT2D eigenvalue weighted by Crippen LogP contribution is 2.35. The normalized spacial score (nSPS) is 11.6. The first-order chi connectivity index (χ1) is 24.6. The molecule has 5 aromatic carbocycles. The van der Waals surface area contributed by atoms with Crippen LogP contribution in [0.5, 0.6) is 0 Å². The molecule has 0 aliphatic heterocycles. The Bertz CT molecular complexity index is 2000. The number of nitrogens with one attached hydrogen (secondary N) is 1. The molecule has 0 atom stereocenters. The number of allylic oxidation sites excluding steroid dienone is 1. The molecule has 0 radical (unpaired) electrons. The minimum absolute atomic E-state index is 0.503. The number of fused-ring (bicyclic) bond motifs is 1. The Labute approximate surface area is 299 Å². The molecule has 0 saturated carbocycles. The molecule has 2 heteroatoms. The Hall–Kier alpha value is -5.08. The number of aromatic nitrogens is 1. The van der Waals surface area contributed by atoms with Gasteiger partial charge in [-0.2, -0.15) is 0 Å². The number of rotatable bonds is 16. The maximum Gasteiger partial charge on any atom is 0.0721 e. The highest BCUT2D eigenvalue weighted by Gasteiger charge is 2.14. The molecule has 1 heterocycles. The molecule has 1 aromatic heterocycles. The van der Waals surface area contributed by atoms with Crippen molar-refractivity contribution in [2.24, 2.45) is 0 Å². The Morgan fingerprint density at radius 2 is 1.12 bits per heavy atom. The van der Waals surface area contributed by atoms with E-state index < -0.39 is 0 Å². The molecule has 6 rings (SSSR count). The molecule has 0 unspecified atom stereocenters. The molecule has 0 amide bonds. The van der Waals surface area contributed by atoms with E-state index in [0.717, 1.165) is 57.3 Å². The number of hydrogen-bond acceptors (Lipinski definition) is 2. The SMILES string of the molecule is CCCCCCc1ccc(C(=N)/C=C(/c2ccccc2)c2ccc3c(-c4ccccc4)cc(-c4ccc(CCCCCC)cc4)nc3c2)cc1. The molecule has 0 aliphatic rings. The Morgan fingerprint density at radius 3 is 1.74 bits per heavy atom. The van der Waals surface area contributed by atoms with Gasteiger partial charge in [-0.3, -0.25) is 0 Å². The lowest BCUT2D eigenvalue weighted by Gasteiger charge is -2.14. The van der Waals surface area contributed by atoms with Crippen molar-refractivity contribution in [2.45, 2.75) is 78.1 Å². The summed E-state index contributed by atoms with van der Waals surface area (Å²) in [5.74, 6) is 0. The van der Waals surface area contributed by atoms with Gasteiger partial charge in [0, 0.05) is 10.9 Å². The van der Waals surface area contributed by atoms with Crippen LogP contribution in [0.2, 0.25) is 0 Å². The lowest BCUT2D eigenvalue weighted by molar-refractivity contribution is 0.667. The summed E-state index contributed by atoms with van der Waals surface area (Å²) in [4.78, 5) is 5.29. The zero-order valence-corrected chi connectivity index (χ0v) is 29.8. The molecule has 0 saturated heterocycles. The predicted molar refractivity (Wildman–Crippen MR) is 215 cm³/mol. The second-order valence-electron chi connectivity index (χ2n) is 13.5. The van der Waals surface area contributed by atoms with Gasteiger partial charge < -0.3 is 5.41 Å². The Balaban J connectivity index is 1.37. The molecule has 0 fully saturated rings. The van der Waals surface area contributed by atoms with Gasteiger partial charge >= 0.3 is 0 Å². The van der Waals surface area contributed by atoms with Crippen LogP contribution in [0, 0.1) is 5.41 Å². The van der Waals surface area contributed by atoms with Gasteiger partial charge in [0.25, 0.3) is 0 Å². The van der Waals surface area contributed by atoms with Crippen LogP contribution in [0.1, 0.15) is 93.0 Å². The first-order valence-electron chi connectivity index (χ1n) is 18.7. The fourth-order valence-corrected chi connectivity index (χ4v) is 6.78. The number of benzene rings is 5. The van der Waals surface area contributed by atoms with E-state index >= 15 is 0 Å². The molecule has 6 aromatic rings. The van der Waals surface area contributed by atoms with E-state index in [4.69, 9.17) is 10.4 Å². The van der Waals surface area contributed by atoms with Crippen LogP contribution in [-0.4, -0.2) is 10.7 Å². The van der Waals surface area contributed by atoms with Crippen LogP contribution in [-0.2, 0) is 12.8 Å². The maximum atomic E-state index is 9.17. The predicted octanol–water partition coefficient (Wildman–Crippen LogP) is 13.3. The number of hydrogen-bond donors (Lipinski definition) is 1. The fraction of sp³-hybridized carbons (Fsp3) is 0.250. The lowest BCUT2D eigenvalue weighted by Crippen LogP contribution is -1.99. The molecule has 0 bridgehead atoms. The molecule has 2 nitrogen and oxygen atoms in total. The van der Waals surface area contributed by atoms with E-state index in [0.29, 0.717) is 5.71 Å². The summed E-state index contributed by atoms with van der Waals surface area (Å²) in [6, 6.07) is 47.5. The average Bonchev–Trinajstić information content (AvgIpc) is 3.17. The first-order valence-corrected chi connectivity index (χ1v) is 18.7. The summed E-state index contributed by atoms with van der Waals surface area (Å²) in [6.45, 7) is 4.51. The summed E-state index contributed by atoms with van der Waals surface area (Å²) in [6.07, 6.45) is 14.4. The van der Waals surface area contributed by atoms with Gasteiger partial charge in [-0.15, -0.1) is 0 Å². The molecule has 0 aliphatic carbocycles. The average molecular weight is 655 g/mol. The van der Waals surface area contributed by atoms with E-state index in [-0.39, 0.29) is 0 Å². The van der Waals surface area contributed by atoms with Crippen LogP contribution < -0.4 is 0 Å². The van der Waals surface area contributed by atoms with Gasteiger partial charge in [0.2, 0.25) is 0 Å². The summed E-state index contributed by atoms with van der Waals surface area (Å²) < 4.78 is 0. The van der Waals surface area contributed by atoms with Crippen molar-refractivity contribution in [1.29, 1.82) is 5.41 Å². The molecule has 1 N–H and O–H groups in total. The maximum absolute atomic E-state index is 9.17. The Morgan fingerprint density at radius 1 is 0.540 bits per heavy atom. The number of aryl methyl sites for hydroxylation is 2. The van der Waals surface area contributed by atoms with Gasteiger partial charge in [0.05, 0.1) is 16.9 Å². The summed E-state index contributed by atoms with van der Waals surface area (Å²) >= 11 is 0. The highest BCUT2D eigenvalue weighted by molar-refractivity contribution is 6.12. The third kappa shape index (κ3) is 8.93. The Kier molecular flexibility index (Phi) is 12.2. The van der Waals surface area contributed by atoms with Crippen LogP contribution in [0.4, 0.5) is 0 Å². The number of unbranched alkanes of at least 4 members (excludes halogenated alkanes) is 6. The molecule has 252 valence electrons. The number of nitrogens with zero attached hydrogens (tertiary/aromatic N) is 1. The van der Waals surface area contributed by atoms with Crippen molar-refractivity contribution < 1.29 is 0 Å². The van der Waals surface area contributed by atoms with Crippen molar-refractivity contribution in [3.63, 3.8) is 0 Å². The van der Waals surface area contributed by atoms with Gasteiger partial charge in [-0.05, 0) is 88.4 Å². The van der Waals surface area contributed by atoms with Crippen molar-refractivity contribution in [3.8, 4) is 22.4 Å². The third-order valence-corrected chi connectivity index (χ3v) is 9.73. The number of pyridine rings is 1. The molecular weight excluding hydrogens is 605 g/mol. The van der Waals surface area contributed by atoms with E-state index in [2.05, 4.69) is 141 Å². The third-order valence-electron chi connectivity index (χ3n) is 9.73. The van der Waals surface area contributed by atoms with Crippen LogP contribution >= 0.6 is 0 Å². The van der Waals surface area contributed by atoms with E-state index in [1.54, 1.807) is 0 Å². The fourth-order valence-electron chi connectivity index (χ4n) is 6.78. The lowest BCUT2D eigenvalue weighted by atomic mass is 9.92. The molecular formula is C48H50N2. The zero-order chi connectivity index (χ0) is 34.5. The van der Waals surface area contributed by atoms with Gasteiger partial charge in [-0.25, -0.2) is 4.98 Å². The summed E-state index contributed by atoms with van der Waals surface area (Å²) in [5.41, 5.74) is 12.7. The second-order valence-corrected chi connectivity index (χ2v) is 13.5. The standard InChI is InChI=1S/C48H50N2/c1-3-5-7-11-17-36-23-27-40(28-24-36)46(49)34-44(38-19-13-9-14-20-38)42-31-32-43-45(39-21-15-10-16-22-39)35-47(50-48(43)33-42)41-29-25-37(26-30-41)18-12-8-6-4-2/h9-10,13-16,19-35,49H,3-8,11-12,17-18H2,1-2H3/b44-34-,49-46?. The second kappa shape index (κ2) is 17.5. The van der Waals surface area contributed by atoms with Gasteiger partial charge in [0.1, 0.15) is 0 Å². The topological polar surface area (TPSA) is 36.7 Å². The van der Waals surface area contributed by atoms with E-state index in [1.807, 2.05) is 12.1 Å². The van der Waals surface area contributed by atoms with E-state index in [1.165, 1.54) is 73.6 Å². The smallest absolute Gasteiger partial charge is 0.0721 e. The summed E-state index contributed by atoms with van der Waals surface area (Å²) in [7, 11) is 0. The zero-order valence-electron chi connectivity index (χ0n) is 29.8. The quantitative estimate of drug-likeness (QED) is 0.0818. The van der Waals surface area contributed by atoms with E-state index in [9.17, 15) is 0 Å². The first kappa shape index (κ1) is 34.8. The molecule has 50 heavy (non-hydrogen) atoms. The molecule has 0 spiro atoms. The van der Waals surface area contributed by atoms with Crippen LogP contribution in [0.3, 0.4) is 0 Å². The van der Waals surface area contributed by atoms with Gasteiger partial charge in [-0.1, -0.05) is 174 Å². The largest absolute Gasteiger partial charge is 0.300 e. The highest BCUT2D eigenvalue weighted by atomic mass is 14.7. The van der Waals surface area contributed by atoms with Gasteiger partial charge in [0.15, 0.2) is 0 Å². The van der Waals surface area contributed by atoms with Crippen molar-refractivity contribution in [3.05, 3.63) is 167 Å². The van der Waals surface area contributed by atoms with Crippen LogP contribution in [0.15, 0.2) is 140 Å². The minimum Gasteiger partial charge on any atom is -0.300 e.